The maximum Gasteiger partial charge on any atom is 0.255 e. The Bertz CT molecular complexity index is 534. The van der Waals surface area contributed by atoms with Crippen LogP contribution in [0.15, 0.2) is 18.3 Å². The van der Waals surface area contributed by atoms with Crippen LogP contribution in [0.3, 0.4) is 0 Å². The second kappa shape index (κ2) is 7.92. The Labute approximate surface area is 143 Å². The lowest BCUT2D eigenvalue weighted by molar-refractivity contribution is 0.0663. The molecule has 2 aliphatic heterocycles. The van der Waals surface area contributed by atoms with E-state index in [4.69, 9.17) is 5.11 Å². The Balaban J connectivity index is 1.56. The van der Waals surface area contributed by atoms with Gasteiger partial charge in [0.15, 0.2) is 0 Å². The smallest absolute Gasteiger partial charge is 0.255 e. The zero-order valence-electron chi connectivity index (χ0n) is 14.4. The van der Waals surface area contributed by atoms with Crippen LogP contribution < -0.4 is 4.90 Å². The van der Waals surface area contributed by atoms with Crippen molar-refractivity contribution in [1.82, 2.24) is 19.7 Å². The average Bonchev–Trinajstić information content (AvgIpc) is 2.63. The van der Waals surface area contributed by atoms with E-state index in [-0.39, 0.29) is 12.5 Å². The van der Waals surface area contributed by atoms with Crippen LogP contribution in [0.4, 0.5) is 5.82 Å². The zero-order chi connectivity index (χ0) is 16.9. The minimum Gasteiger partial charge on any atom is -0.395 e. The van der Waals surface area contributed by atoms with E-state index in [1.165, 1.54) is 0 Å². The summed E-state index contributed by atoms with van der Waals surface area (Å²) in [5.74, 6) is 1.00. The predicted octanol–water partition coefficient (Wildman–Crippen LogP) is -0.416. The van der Waals surface area contributed by atoms with E-state index < -0.39 is 0 Å². The topological polar surface area (TPSA) is 63.2 Å². The van der Waals surface area contributed by atoms with Crippen LogP contribution in [0.5, 0.6) is 0 Å². The molecule has 24 heavy (non-hydrogen) atoms. The average molecular weight is 333 g/mol. The number of piperazine rings is 2. The van der Waals surface area contributed by atoms with Crippen molar-refractivity contribution in [3.8, 4) is 0 Å². The van der Waals surface area contributed by atoms with Gasteiger partial charge in [-0.05, 0) is 19.2 Å². The van der Waals surface area contributed by atoms with Gasteiger partial charge in [0.1, 0.15) is 5.82 Å². The van der Waals surface area contributed by atoms with E-state index >= 15 is 0 Å². The number of β-amino-alcohol motifs (C(OH)–C–C–N with tert-alkyl or cyclic N) is 1. The minimum atomic E-state index is 0.0786. The number of aromatic nitrogens is 1. The van der Waals surface area contributed by atoms with Crippen LogP contribution in [0.1, 0.15) is 10.4 Å². The predicted molar refractivity (Wildman–Crippen MR) is 93.4 cm³/mol. The van der Waals surface area contributed by atoms with Crippen molar-refractivity contribution in [2.24, 2.45) is 0 Å². The van der Waals surface area contributed by atoms with E-state index in [0.29, 0.717) is 5.56 Å². The fraction of sp³-hybridized carbons (Fsp3) is 0.647. The fourth-order valence-corrected chi connectivity index (χ4v) is 3.23. The number of carbonyl (C=O) groups is 1. The Morgan fingerprint density at radius 3 is 2.38 bits per heavy atom. The normalized spacial score (nSPS) is 20.4. The molecule has 0 radical (unpaired) electrons. The number of anilines is 1. The highest BCUT2D eigenvalue weighted by Gasteiger charge is 2.21. The van der Waals surface area contributed by atoms with Crippen LogP contribution >= 0.6 is 0 Å². The Kier molecular flexibility index (Phi) is 5.65. The number of pyridine rings is 1. The molecule has 3 heterocycles. The van der Waals surface area contributed by atoms with Gasteiger partial charge in [-0.25, -0.2) is 4.98 Å². The third-order valence-corrected chi connectivity index (χ3v) is 4.90. The first-order valence-electron chi connectivity index (χ1n) is 8.69. The molecule has 1 aromatic heterocycles. The zero-order valence-corrected chi connectivity index (χ0v) is 14.4. The lowest BCUT2D eigenvalue weighted by atomic mass is 10.2. The summed E-state index contributed by atoms with van der Waals surface area (Å²) in [6.07, 6.45) is 1.70. The van der Waals surface area contributed by atoms with Crippen molar-refractivity contribution >= 4 is 11.7 Å². The molecule has 0 atom stereocenters. The minimum absolute atomic E-state index is 0.0786. The van der Waals surface area contributed by atoms with E-state index in [1.807, 2.05) is 17.0 Å². The molecule has 0 saturated carbocycles. The van der Waals surface area contributed by atoms with Crippen LogP contribution in [0.25, 0.3) is 0 Å². The van der Waals surface area contributed by atoms with Gasteiger partial charge in [0.05, 0.1) is 12.2 Å². The standard InChI is InChI=1S/C17H27N5O2/c1-19-4-8-22(9-5-19)17(24)15-2-3-16(18-14-15)21-10-6-20(7-11-21)12-13-23/h2-3,14,23H,4-13H2,1H3. The second-order valence-electron chi connectivity index (χ2n) is 6.55. The second-order valence-corrected chi connectivity index (χ2v) is 6.55. The summed E-state index contributed by atoms with van der Waals surface area (Å²) in [4.78, 5) is 25.7. The monoisotopic (exact) mass is 333 g/mol. The van der Waals surface area contributed by atoms with Gasteiger partial charge in [-0.15, -0.1) is 0 Å². The Morgan fingerprint density at radius 1 is 1.08 bits per heavy atom. The van der Waals surface area contributed by atoms with Gasteiger partial charge in [-0.1, -0.05) is 0 Å². The molecule has 0 spiro atoms. The first-order valence-corrected chi connectivity index (χ1v) is 8.69. The first-order chi connectivity index (χ1) is 11.7. The van der Waals surface area contributed by atoms with Crippen molar-refractivity contribution in [2.45, 2.75) is 0 Å². The molecule has 0 aliphatic carbocycles. The number of hydrogen-bond donors (Lipinski definition) is 1. The third-order valence-electron chi connectivity index (χ3n) is 4.90. The summed E-state index contributed by atoms with van der Waals surface area (Å²) >= 11 is 0. The van der Waals surface area contributed by atoms with Crippen LogP contribution in [-0.2, 0) is 0 Å². The molecule has 132 valence electrons. The highest BCUT2D eigenvalue weighted by atomic mass is 16.3. The summed E-state index contributed by atoms with van der Waals surface area (Å²) in [5, 5.41) is 9.00. The van der Waals surface area contributed by atoms with E-state index in [2.05, 4.69) is 26.7 Å². The highest BCUT2D eigenvalue weighted by molar-refractivity contribution is 5.94. The molecule has 0 unspecified atom stereocenters. The lowest BCUT2D eigenvalue weighted by Gasteiger charge is -2.35. The van der Waals surface area contributed by atoms with E-state index in [0.717, 1.165) is 64.7 Å². The van der Waals surface area contributed by atoms with Gasteiger partial charge in [0, 0.05) is 65.1 Å². The molecule has 0 bridgehead atoms. The fourth-order valence-electron chi connectivity index (χ4n) is 3.23. The molecule has 3 rings (SSSR count). The van der Waals surface area contributed by atoms with Gasteiger partial charge in [-0.2, -0.15) is 0 Å². The molecular formula is C17H27N5O2. The summed E-state index contributed by atoms with van der Waals surface area (Å²) in [6, 6.07) is 3.84. The molecule has 1 amide bonds. The SMILES string of the molecule is CN1CCN(C(=O)c2ccc(N3CCN(CCO)CC3)nc2)CC1. The van der Waals surface area contributed by atoms with Gasteiger partial charge in [-0.3, -0.25) is 9.69 Å². The van der Waals surface area contributed by atoms with Crippen LogP contribution in [0, 0.1) is 0 Å². The summed E-state index contributed by atoms with van der Waals surface area (Å²) < 4.78 is 0. The molecule has 2 saturated heterocycles. The van der Waals surface area contributed by atoms with Gasteiger partial charge >= 0.3 is 0 Å². The number of hydrogen-bond acceptors (Lipinski definition) is 6. The number of aliphatic hydroxyl groups excluding tert-OH is 1. The van der Waals surface area contributed by atoms with E-state index in [1.54, 1.807) is 6.20 Å². The largest absolute Gasteiger partial charge is 0.395 e. The maximum absolute atomic E-state index is 12.5. The molecular weight excluding hydrogens is 306 g/mol. The van der Waals surface area contributed by atoms with Crippen molar-refractivity contribution in [1.29, 1.82) is 0 Å². The molecule has 1 aromatic rings. The van der Waals surface area contributed by atoms with Gasteiger partial charge in [0.25, 0.3) is 5.91 Å². The number of likely N-dealkylation sites (N-methyl/N-ethyl adjacent to an activating group) is 1. The number of nitrogens with zero attached hydrogens (tertiary/aromatic N) is 5. The maximum atomic E-state index is 12.5. The van der Waals surface area contributed by atoms with Crippen molar-refractivity contribution in [3.05, 3.63) is 23.9 Å². The molecule has 1 N–H and O–H groups in total. The first kappa shape index (κ1) is 17.1. The summed E-state index contributed by atoms with van der Waals surface area (Å²) in [5.41, 5.74) is 0.669. The van der Waals surface area contributed by atoms with Crippen LogP contribution in [0.2, 0.25) is 0 Å². The summed E-state index contributed by atoms with van der Waals surface area (Å²) in [7, 11) is 2.08. The van der Waals surface area contributed by atoms with Crippen LogP contribution in [-0.4, -0.2) is 103 Å². The highest BCUT2D eigenvalue weighted by Crippen LogP contribution is 2.15. The van der Waals surface area contributed by atoms with Gasteiger partial charge < -0.3 is 19.8 Å². The number of aliphatic hydroxyl groups is 1. The quantitative estimate of drug-likeness (QED) is 0.808. The van der Waals surface area contributed by atoms with Gasteiger partial charge in [0.2, 0.25) is 0 Å². The summed E-state index contributed by atoms with van der Waals surface area (Å²) in [6.45, 7) is 8.03. The molecule has 2 fully saturated rings. The molecule has 2 aliphatic rings. The number of amides is 1. The van der Waals surface area contributed by atoms with Crippen molar-refractivity contribution < 1.29 is 9.90 Å². The Morgan fingerprint density at radius 2 is 1.79 bits per heavy atom. The van der Waals surface area contributed by atoms with E-state index in [9.17, 15) is 4.79 Å². The van der Waals surface area contributed by atoms with Crippen molar-refractivity contribution in [2.75, 3.05) is 77.5 Å². The molecule has 7 heteroatoms. The Hall–Kier alpha value is -1.70. The number of rotatable bonds is 4. The third kappa shape index (κ3) is 4.03. The van der Waals surface area contributed by atoms with Crippen molar-refractivity contribution in [3.63, 3.8) is 0 Å². The molecule has 0 aromatic carbocycles. The lowest BCUT2D eigenvalue weighted by Crippen LogP contribution is -2.47. The number of carbonyl (C=O) groups excluding carboxylic acids is 1. The molecule has 7 nitrogen and oxygen atoms in total.